The smallest absolute Gasteiger partial charge is 0.212 e. The Morgan fingerprint density at radius 2 is 2.11 bits per heavy atom. The lowest BCUT2D eigenvalue weighted by Crippen LogP contribution is -2.32. The van der Waals surface area contributed by atoms with Gasteiger partial charge in [0.05, 0.1) is 5.75 Å². The standard InChI is InChI=1S/C14H20FNO2S/c1-3-19(17,18)16(2)14-7-5-4-6-11-8-9-12(15)10-13(11)14/h8-10,14H,3-7H2,1-2H3. The van der Waals surface area contributed by atoms with Crippen LogP contribution in [-0.2, 0) is 16.4 Å². The van der Waals surface area contributed by atoms with Gasteiger partial charge in [0.15, 0.2) is 0 Å². The third-order valence-electron chi connectivity index (χ3n) is 3.88. The highest BCUT2D eigenvalue weighted by Crippen LogP contribution is 2.34. The molecule has 0 saturated carbocycles. The van der Waals surface area contributed by atoms with E-state index in [1.807, 2.05) is 0 Å². The summed E-state index contributed by atoms with van der Waals surface area (Å²) in [7, 11) is -1.66. The second-order valence-electron chi connectivity index (χ2n) is 5.02. The predicted octanol–water partition coefficient (Wildman–Crippen LogP) is 2.87. The molecule has 0 saturated heterocycles. The summed E-state index contributed by atoms with van der Waals surface area (Å²) < 4.78 is 39.0. The quantitative estimate of drug-likeness (QED) is 0.801. The maximum Gasteiger partial charge on any atom is 0.214 e. The molecule has 106 valence electrons. The van der Waals surface area contributed by atoms with Crippen LogP contribution in [0.2, 0.25) is 0 Å². The molecule has 2 rings (SSSR count). The fraction of sp³-hybridized carbons (Fsp3) is 0.571. The predicted molar refractivity (Wildman–Crippen MR) is 73.9 cm³/mol. The molecular weight excluding hydrogens is 265 g/mol. The lowest BCUT2D eigenvalue weighted by molar-refractivity contribution is 0.353. The van der Waals surface area contributed by atoms with E-state index in [2.05, 4.69) is 0 Å². The van der Waals surface area contributed by atoms with Crippen molar-refractivity contribution in [3.8, 4) is 0 Å². The monoisotopic (exact) mass is 285 g/mol. The maximum atomic E-state index is 13.5. The molecule has 0 heterocycles. The maximum absolute atomic E-state index is 13.5. The molecule has 1 aliphatic rings. The second kappa shape index (κ2) is 5.59. The van der Waals surface area contributed by atoms with E-state index in [4.69, 9.17) is 0 Å². The Hall–Kier alpha value is -0.940. The number of sulfonamides is 1. The van der Waals surface area contributed by atoms with Crippen molar-refractivity contribution in [1.82, 2.24) is 4.31 Å². The Morgan fingerprint density at radius 3 is 2.79 bits per heavy atom. The highest BCUT2D eigenvalue weighted by atomic mass is 32.2. The SMILES string of the molecule is CCS(=O)(=O)N(C)C1CCCCc2ccc(F)cc21. The van der Waals surface area contributed by atoms with Crippen molar-refractivity contribution in [1.29, 1.82) is 0 Å². The van der Waals surface area contributed by atoms with Crippen LogP contribution in [0.15, 0.2) is 18.2 Å². The van der Waals surface area contributed by atoms with Gasteiger partial charge < -0.3 is 0 Å². The third-order valence-corrected chi connectivity index (χ3v) is 5.74. The zero-order chi connectivity index (χ0) is 14.0. The van der Waals surface area contributed by atoms with Crippen LogP contribution in [0.25, 0.3) is 0 Å². The normalized spacial score (nSPS) is 20.1. The average molecular weight is 285 g/mol. The van der Waals surface area contributed by atoms with Crippen LogP contribution < -0.4 is 0 Å². The van der Waals surface area contributed by atoms with Gasteiger partial charge in [-0.05, 0) is 49.4 Å². The first-order chi connectivity index (χ1) is 8.95. The Kier molecular flexibility index (Phi) is 4.26. The van der Waals surface area contributed by atoms with E-state index in [0.717, 1.165) is 36.8 Å². The zero-order valence-electron chi connectivity index (χ0n) is 11.4. The van der Waals surface area contributed by atoms with Gasteiger partial charge in [0.2, 0.25) is 10.0 Å². The van der Waals surface area contributed by atoms with Crippen LogP contribution in [0.3, 0.4) is 0 Å². The van der Waals surface area contributed by atoms with E-state index in [1.54, 1.807) is 20.0 Å². The first kappa shape index (κ1) is 14.5. The molecule has 0 aliphatic heterocycles. The Balaban J connectivity index is 2.44. The number of halogens is 1. The molecular formula is C14H20FNO2S. The van der Waals surface area contributed by atoms with E-state index in [1.165, 1.54) is 16.4 Å². The summed E-state index contributed by atoms with van der Waals surface area (Å²) in [6, 6.07) is 4.50. The number of rotatable bonds is 3. The Morgan fingerprint density at radius 1 is 1.37 bits per heavy atom. The van der Waals surface area contributed by atoms with Gasteiger partial charge in [-0.3, -0.25) is 0 Å². The van der Waals surface area contributed by atoms with Gasteiger partial charge in [-0.25, -0.2) is 12.8 Å². The van der Waals surface area contributed by atoms with Gasteiger partial charge in [0.25, 0.3) is 0 Å². The summed E-state index contributed by atoms with van der Waals surface area (Å²) in [5, 5.41) is 0. The number of benzene rings is 1. The molecule has 3 nitrogen and oxygen atoms in total. The highest BCUT2D eigenvalue weighted by Gasteiger charge is 2.29. The molecule has 0 N–H and O–H groups in total. The van der Waals surface area contributed by atoms with Crippen molar-refractivity contribution in [3.63, 3.8) is 0 Å². The molecule has 1 unspecified atom stereocenters. The van der Waals surface area contributed by atoms with E-state index < -0.39 is 10.0 Å². The molecule has 1 atom stereocenters. The number of hydrogen-bond acceptors (Lipinski definition) is 2. The summed E-state index contributed by atoms with van der Waals surface area (Å²) >= 11 is 0. The van der Waals surface area contributed by atoms with Crippen molar-refractivity contribution in [2.24, 2.45) is 0 Å². The van der Waals surface area contributed by atoms with Gasteiger partial charge in [0, 0.05) is 13.1 Å². The number of hydrogen-bond donors (Lipinski definition) is 0. The molecule has 19 heavy (non-hydrogen) atoms. The van der Waals surface area contributed by atoms with Crippen LogP contribution >= 0.6 is 0 Å². The summed E-state index contributed by atoms with van der Waals surface area (Å²) in [5.41, 5.74) is 1.90. The molecule has 0 bridgehead atoms. The largest absolute Gasteiger partial charge is 0.214 e. The molecule has 0 aromatic heterocycles. The highest BCUT2D eigenvalue weighted by molar-refractivity contribution is 7.89. The second-order valence-corrected chi connectivity index (χ2v) is 7.34. The summed E-state index contributed by atoms with van der Waals surface area (Å²) in [6.07, 6.45) is 3.64. The van der Waals surface area contributed by atoms with Gasteiger partial charge in [-0.15, -0.1) is 0 Å². The third kappa shape index (κ3) is 2.98. The van der Waals surface area contributed by atoms with E-state index in [0.29, 0.717) is 0 Å². The minimum absolute atomic E-state index is 0.0741. The van der Waals surface area contributed by atoms with Crippen molar-refractivity contribution >= 4 is 10.0 Å². The van der Waals surface area contributed by atoms with Crippen LogP contribution in [-0.4, -0.2) is 25.5 Å². The molecule has 5 heteroatoms. The number of fused-ring (bicyclic) bond motifs is 1. The lowest BCUT2D eigenvalue weighted by Gasteiger charge is -2.27. The average Bonchev–Trinajstić information content (AvgIpc) is 2.59. The molecule has 0 spiro atoms. The Labute approximate surface area is 114 Å². The lowest BCUT2D eigenvalue weighted by atomic mass is 9.99. The van der Waals surface area contributed by atoms with Crippen LogP contribution in [0.1, 0.15) is 43.4 Å². The summed E-state index contributed by atoms with van der Waals surface area (Å²) in [4.78, 5) is 0. The summed E-state index contributed by atoms with van der Waals surface area (Å²) in [5.74, 6) is -0.224. The fourth-order valence-corrected chi connectivity index (χ4v) is 3.70. The first-order valence-electron chi connectivity index (χ1n) is 6.69. The molecule has 1 aliphatic carbocycles. The summed E-state index contributed by atoms with van der Waals surface area (Å²) in [6.45, 7) is 1.63. The topological polar surface area (TPSA) is 37.4 Å². The first-order valence-corrected chi connectivity index (χ1v) is 8.30. The van der Waals surface area contributed by atoms with Gasteiger partial charge in [-0.1, -0.05) is 12.5 Å². The molecule has 0 radical (unpaired) electrons. The van der Waals surface area contributed by atoms with Gasteiger partial charge in [-0.2, -0.15) is 4.31 Å². The number of aryl methyl sites for hydroxylation is 1. The molecule has 1 aromatic carbocycles. The van der Waals surface area contributed by atoms with E-state index >= 15 is 0 Å². The Bertz CT molecular complexity index is 557. The van der Waals surface area contributed by atoms with Crippen LogP contribution in [0, 0.1) is 5.82 Å². The minimum atomic E-state index is -3.26. The van der Waals surface area contributed by atoms with Gasteiger partial charge in [0.1, 0.15) is 5.82 Å². The molecule has 1 aromatic rings. The zero-order valence-corrected chi connectivity index (χ0v) is 12.2. The van der Waals surface area contributed by atoms with Crippen LogP contribution in [0.4, 0.5) is 4.39 Å². The molecule has 0 fully saturated rings. The minimum Gasteiger partial charge on any atom is -0.212 e. The fourth-order valence-electron chi connectivity index (χ4n) is 2.69. The van der Waals surface area contributed by atoms with Gasteiger partial charge >= 0.3 is 0 Å². The van der Waals surface area contributed by atoms with E-state index in [9.17, 15) is 12.8 Å². The van der Waals surface area contributed by atoms with Crippen molar-refractivity contribution in [2.75, 3.05) is 12.8 Å². The van der Waals surface area contributed by atoms with E-state index in [-0.39, 0.29) is 17.6 Å². The van der Waals surface area contributed by atoms with Crippen molar-refractivity contribution in [3.05, 3.63) is 35.1 Å². The van der Waals surface area contributed by atoms with Crippen molar-refractivity contribution in [2.45, 2.75) is 38.6 Å². The molecule has 0 amide bonds. The number of nitrogens with zero attached hydrogens (tertiary/aromatic N) is 1. The van der Waals surface area contributed by atoms with Crippen LogP contribution in [0.5, 0.6) is 0 Å². The van der Waals surface area contributed by atoms with Crippen molar-refractivity contribution < 1.29 is 12.8 Å².